The van der Waals surface area contributed by atoms with E-state index in [0.29, 0.717) is 12.1 Å². The molecule has 1 N–H and O–H groups in total. The quantitative estimate of drug-likeness (QED) is 0.648. The molecular formula is C22H22N2OS. The van der Waals surface area contributed by atoms with Crippen molar-refractivity contribution in [2.75, 3.05) is 6.26 Å². The molecule has 4 heteroatoms. The van der Waals surface area contributed by atoms with E-state index in [4.69, 9.17) is 0 Å². The Hall–Kier alpha value is -2.59. The van der Waals surface area contributed by atoms with Crippen LogP contribution < -0.4 is 5.32 Å². The average Bonchev–Trinajstić information content (AvgIpc) is 2.67. The van der Waals surface area contributed by atoms with Gasteiger partial charge in [-0.25, -0.2) is 0 Å². The van der Waals surface area contributed by atoms with Crippen LogP contribution in [0.1, 0.15) is 27.2 Å². The maximum atomic E-state index is 12.6. The van der Waals surface area contributed by atoms with Gasteiger partial charge in [-0.15, -0.1) is 11.8 Å². The van der Waals surface area contributed by atoms with Gasteiger partial charge in [-0.2, -0.15) is 0 Å². The predicted molar refractivity (Wildman–Crippen MR) is 109 cm³/mol. The Morgan fingerprint density at radius 2 is 1.77 bits per heavy atom. The maximum absolute atomic E-state index is 12.6. The van der Waals surface area contributed by atoms with Gasteiger partial charge in [-0.1, -0.05) is 35.9 Å². The van der Waals surface area contributed by atoms with Crippen LogP contribution in [0.5, 0.6) is 0 Å². The van der Waals surface area contributed by atoms with Crippen molar-refractivity contribution in [2.24, 2.45) is 0 Å². The van der Waals surface area contributed by atoms with E-state index in [1.54, 1.807) is 18.0 Å². The molecule has 0 aliphatic heterocycles. The highest BCUT2D eigenvalue weighted by molar-refractivity contribution is 7.98. The third kappa shape index (κ3) is 4.52. The van der Waals surface area contributed by atoms with Gasteiger partial charge >= 0.3 is 0 Å². The summed E-state index contributed by atoms with van der Waals surface area (Å²) in [5.41, 5.74) is 6.02. The summed E-state index contributed by atoms with van der Waals surface area (Å²) >= 11 is 1.64. The van der Waals surface area contributed by atoms with Crippen molar-refractivity contribution in [1.82, 2.24) is 10.3 Å². The Labute approximate surface area is 158 Å². The Kier molecular flexibility index (Phi) is 5.74. The van der Waals surface area contributed by atoms with E-state index in [1.165, 1.54) is 5.56 Å². The van der Waals surface area contributed by atoms with Crippen LogP contribution in [-0.2, 0) is 6.54 Å². The number of thioether (sulfide) groups is 1. The lowest BCUT2D eigenvalue weighted by atomic mass is 10.0. The topological polar surface area (TPSA) is 42.0 Å². The number of benzene rings is 2. The normalized spacial score (nSPS) is 10.6. The van der Waals surface area contributed by atoms with Gasteiger partial charge in [-0.3, -0.25) is 9.78 Å². The third-order valence-electron chi connectivity index (χ3n) is 4.22. The fourth-order valence-corrected chi connectivity index (χ4v) is 3.14. The largest absolute Gasteiger partial charge is 0.348 e. The molecule has 0 bridgehead atoms. The number of aryl methyl sites for hydroxylation is 2. The number of nitrogens with zero attached hydrogens (tertiary/aromatic N) is 1. The summed E-state index contributed by atoms with van der Waals surface area (Å²) in [5, 5.41) is 2.99. The number of carbonyl (C=O) groups is 1. The molecule has 26 heavy (non-hydrogen) atoms. The number of pyridine rings is 1. The fourth-order valence-electron chi connectivity index (χ4n) is 2.65. The van der Waals surface area contributed by atoms with Gasteiger partial charge in [0.25, 0.3) is 5.91 Å². The summed E-state index contributed by atoms with van der Waals surface area (Å²) in [4.78, 5) is 18.0. The van der Waals surface area contributed by atoms with Crippen molar-refractivity contribution in [3.8, 4) is 11.1 Å². The third-order valence-corrected chi connectivity index (χ3v) is 4.92. The number of hydrogen-bond acceptors (Lipinski definition) is 3. The molecule has 0 unspecified atom stereocenters. The van der Waals surface area contributed by atoms with Crippen LogP contribution in [0.4, 0.5) is 0 Å². The second-order valence-corrected chi connectivity index (χ2v) is 7.19. The minimum absolute atomic E-state index is 0.0742. The number of carbonyl (C=O) groups excluding carboxylic acids is 1. The molecule has 132 valence electrons. The smallest absolute Gasteiger partial charge is 0.251 e. The first kappa shape index (κ1) is 18.2. The number of aromatic nitrogens is 1. The fraction of sp³-hybridized carbons (Fsp3) is 0.182. The molecule has 0 spiro atoms. The van der Waals surface area contributed by atoms with Gasteiger partial charge < -0.3 is 5.32 Å². The van der Waals surface area contributed by atoms with Crippen molar-refractivity contribution in [1.29, 1.82) is 0 Å². The minimum Gasteiger partial charge on any atom is -0.348 e. The SMILES string of the molecule is CSc1cc(C(=O)NCc2ccc(C)nc2)cc(-c2ccc(C)cc2)c1. The monoisotopic (exact) mass is 362 g/mol. The zero-order chi connectivity index (χ0) is 18.5. The molecule has 3 nitrogen and oxygen atoms in total. The van der Waals surface area contributed by atoms with Gasteiger partial charge in [-0.05, 0) is 61.1 Å². The van der Waals surface area contributed by atoms with E-state index in [1.807, 2.05) is 37.4 Å². The molecule has 1 aromatic heterocycles. The van der Waals surface area contributed by atoms with Crippen molar-refractivity contribution >= 4 is 17.7 Å². The van der Waals surface area contributed by atoms with Crippen LogP contribution in [0.2, 0.25) is 0 Å². The first-order valence-electron chi connectivity index (χ1n) is 8.51. The second kappa shape index (κ2) is 8.19. The van der Waals surface area contributed by atoms with E-state index in [2.05, 4.69) is 47.6 Å². The van der Waals surface area contributed by atoms with Crippen molar-refractivity contribution in [3.05, 3.63) is 83.2 Å². The Balaban J connectivity index is 1.81. The molecular weight excluding hydrogens is 340 g/mol. The summed E-state index contributed by atoms with van der Waals surface area (Å²) in [5.74, 6) is -0.0742. The Morgan fingerprint density at radius 3 is 2.42 bits per heavy atom. The van der Waals surface area contributed by atoms with E-state index >= 15 is 0 Å². The molecule has 0 fully saturated rings. The highest BCUT2D eigenvalue weighted by Gasteiger charge is 2.10. The van der Waals surface area contributed by atoms with Gasteiger partial charge in [0.2, 0.25) is 0 Å². The average molecular weight is 362 g/mol. The molecule has 0 aliphatic carbocycles. The molecule has 2 aromatic carbocycles. The zero-order valence-corrected chi connectivity index (χ0v) is 16.1. The molecule has 0 saturated carbocycles. The van der Waals surface area contributed by atoms with E-state index in [9.17, 15) is 4.79 Å². The molecule has 1 amide bonds. The van der Waals surface area contributed by atoms with Crippen LogP contribution in [0.25, 0.3) is 11.1 Å². The van der Waals surface area contributed by atoms with Crippen molar-refractivity contribution < 1.29 is 4.79 Å². The highest BCUT2D eigenvalue weighted by atomic mass is 32.2. The summed E-state index contributed by atoms with van der Waals surface area (Å²) in [7, 11) is 0. The summed E-state index contributed by atoms with van der Waals surface area (Å²) < 4.78 is 0. The van der Waals surface area contributed by atoms with Crippen LogP contribution in [0.15, 0.2) is 65.7 Å². The molecule has 1 heterocycles. The summed E-state index contributed by atoms with van der Waals surface area (Å²) in [6.07, 6.45) is 3.82. The Morgan fingerprint density at radius 1 is 1.00 bits per heavy atom. The summed E-state index contributed by atoms with van der Waals surface area (Å²) in [6, 6.07) is 18.3. The molecule has 3 aromatic rings. The predicted octanol–water partition coefficient (Wildman–Crippen LogP) is 5.02. The lowest BCUT2D eigenvalue weighted by Crippen LogP contribution is -2.23. The maximum Gasteiger partial charge on any atom is 0.251 e. The zero-order valence-electron chi connectivity index (χ0n) is 15.2. The lowest BCUT2D eigenvalue weighted by Gasteiger charge is -2.10. The molecule has 0 radical (unpaired) electrons. The Bertz CT molecular complexity index is 902. The van der Waals surface area contributed by atoms with Crippen LogP contribution in [0.3, 0.4) is 0 Å². The second-order valence-electron chi connectivity index (χ2n) is 6.31. The first-order valence-corrected chi connectivity index (χ1v) is 9.73. The first-order chi connectivity index (χ1) is 12.5. The van der Waals surface area contributed by atoms with Crippen LogP contribution in [0, 0.1) is 13.8 Å². The van der Waals surface area contributed by atoms with Gasteiger partial charge in [0, 0.05) is 28.9 Å². The van der Waals surface area contributed by atoms with Crippen molar-refractivity contribution in [2.45, 2.75) is 25.3 Å². The van der Waals surface area contributed by atoms with Crippen LogP contribution in [-0.4, -0.2) is 17.1 Å². The van der Waals surface area contributed by atoms with Gasteiger partial charge in [0.05, 0.1) is 0 Å². The van der Waals surface area contributed by atoms with Gasteiger partial charge in [0.15, 0.2) is 0 Å². The molecule has 0 atom stereocenters. The minimum atomic E-state index is -0.0742. The van der Waals surface area contributed by atoms with Crippen LogP contribution >= 0.6 is 11.8 Å². The van der Waals surface area contributed by atoms with Crippen molar-refractivity contribution in [3.63, 3.8) is 0 Å². The highest BCUT2D eigenvalue weighted by Crippen LogP contribution is 2.27. The summed E-state index contributed by atoms with van der Waals surface area (Å²) in [6.45, 7) is 4.49. The van der Waals surface area contributed by atoms with Gasteiger partial charge in [0.1, 0.15) is 0 Å². The molecule has 0 saturated heterocycles. The van der Waals surface area contributed by atoms with E-state index in [-0.39, 0.29) is 5.91 Å². The lowest BCUT2D eigenvalue weighted by molar-refractivity contribution is 0.0950. The number of hydrogen-bond donors (Lipinski definition) is 1. The number of rotatable bonds is 5. The molecule has 3 rings (SSSR count). The standard InChI is InChI=1S/C22H22N2OS/c1-15-4-8-18(9-5-15)19-10-20(12-21(11-19)26-3)22(25)24-14-17-7-6-16(2)23-13-17/h4-13H,14H2,1-3H3,(H,24,25). The van der Waals surface area contributed by atoms with E-state index < -0.39 is 0 Å². The number of amides is 1. The van der Waals surface area contributed by atoms with E-state index in [0.717, 1.165) is 27.3 Å². The molecule has 0 aliphatic rings. The number of nitrogens with one attached hydrogen (secondary N) is 1.